The zero-order valence-corrected chi connectivity index (χ0v) is 15.0. The standard InChI is InChI=1S/C16H23N3O5S/c1-23-14-10-12(18-16(20)13-11-24-9-6-17-13)4-5-15(14)25(21,22)19-7-2-3-8-19/h4-5,10,13,17H,2-3,6-9,11H2,1H3,(H,18,20). The Morgan fingerprint density at radius 3 is 2.76 bits per heavy atom. The molecule has 2 N–H and O–H groups in total. The number of hydrogen-bond acceptors (Lipinski definition) is 6. The minimum Gasteiger partial charge on any atom is -0.495 e. The number of benzene rings is 1. The normalized spacial score (nSPS) is 21.9. The van der Waals surface area contributed by atoms with Crippen LogP contribution in [0.5, 0.6) is 5.75 Å². The molecule has 138 valence electrons. The van der Waals surface area contributed by atoms with E-state index in [1.807, 2.05) is 0 Å². The maximum absolute atomic E-state index is 12.7. The predicted octanol–water partition coefficient (Wildman–Crippen LogP) is 0.407. The number of nitrogens with one attached hydrogen (secondary N) is 2. The van der Waals surface area contributed by atoms with Crippen molar-refractivity contribution in [1.29, 1.82) is 0 Å². The van der Waals surface area contributed by atoms with E-state index in [0.717, 1.165) is 12.8 Å². The lowest BCUT2D eigenvalue weighted by Crippen LogP contribution is -2.48. The van der Waals surface area contributed by atoms with Crippen LogP contribution in [-0.4, -0.2) is 64.6 Å². The molecule has 0 spiro atoms. The van der Waals surface area contributed by atoms with Gasteiger partial charge in [-0.15, -0.1) is 0 Å². The summed E-state index contributed by atoms with van der Waals surface area (Å²) in [4.78, 5) is 12.4. The first kappa shape index (κ1) is 18.1. The third-order valence-electron chi connectivity index (χ3n) is 4.35. The van der Waals surface area contributed by atoms with Gasteiger partial charge in [0.25, 0.3) is 0 Å². The predicted molar refractivity (Wildman–Crippen MR) is 92.2 cm³/mol. The molecule has 1 amide bonds. The van der Waals surface area contributed by atoms with Crippen LogP contribution in [0.25, 0.3) is 0 Å². The highest BCUT2D eigenvalue weighted by Gasteiger charge is 2.30. The zero-order chi connectivity index (χ0) is 17.9. The highest BCUT2D eigenvalue weighted by atomic mass is 32.2. The summed E-state index contributed by atoms with van der Waals surface area (Å²) in [7, 11) is -2.17. The second kappa shape index (κ2) is 7.69. The summed E-state index contributed by atoms with van der Waals surface area (Å²) < 4.78 is 37.5. The highest BCUT2D eigenvalue weighted by molar-refractivity contribution is 7.89. The molecule has 0 radical (unpaired) electrons. The van der Waals surface area contributed by atoms with Crippen LogP contribution in [0.4, 0.5) is 5.69 Å². The summed E-state index contributed by atoms with van der Waals surface area (Å²) in [5.74, 6) is -0.00513. The quantitative estimate of drug-likeness (QED) is 0.780. The molecule has 2 saturated heterocycles. The van der Waals surface area contributed by atoms with Crippen molar-refractivity contribution in [3.63, 3.8) is 0 Å². The molecule has 2 aliphatic heterocycles. The molecule has 1 unspecified atom stereocenters. The van der Waals surface area contributed by atoms with Gasteiger partial charge in [0, 0.05) is 31.4 Å². The van der Waals surface area contributed by atoms with Crippen molar-refractivity contribution < 1.29 is 22.7 Å². The Bertz CT molecular complexity index is 725. The van der Waals surface area contributed by atoms with Crippen molar-refractivity contribution in [2.75, 3.05) is 45.3 Å². The van der Waals surface area contributed by atoms with Crippen LogP contribution in [0, 0.1) is 0 Å². The first-order valence-corrected chi connectivity index (χ1v) is 9.76. The number of ether oxygens (including phenoxy) is 2. The molecule has 0 saturated carbocycles. The van der Waals surface area contributed by atoms with E-state index in [-0.39, 0.29) is 16.6 Å². The number of amides is 1. The molecular formula is C16H23N3O5S. The smallest absolute Gasteiger partial charge is 0.246 e. The second-order valence-corrected chi connectivity index (χ2v) is 7.95. The Labute approximate surface area is 147 Å². The Kier molecular flexibility index (Phi) is 5.57. The van der Waals surface area contributed by atoms with Crippen molar-refractivity contribution in [1.82, 2.24) is 9.62 Å². The number of methoxy groups -OCH3 is 1. The lowest BCUT2D eigenvalue weighted by Gasteiger charge is -2.23. The van der Waals surface area contributed by atoms with Gasteiger partial charge in [-0.05, 0) is 25.0 Å². The summed E-state index contributed by atoms with van der Waals surface area (Å²) >= 11 is 0. The zero-order valence-electron chi connectivity index (χ0n) is 14.2. The number of morpholine rings is 1. The van der Waals surface area contributed by atoms with E-state index < -0.39 is 16.1 Å². The van der Waals surface area contributed by atoms with Crippen LogP contribution in [-0.2, 0) is 19.6 Å². The fourth-order valence-electron chi connectivity index (χ4n) is 2.99. The Hall–Kier alpha value is -1.68. The summed E-state index contributed by atoms with van der Waals surface area (Å²) in [6.45, 7) is 2.56. The van der Waals surface area contributed by atoms with Gasteiger partial charge in [-0.3, -0.25) is 4.79 Å². The maximum Gasteiger partial charge on any atom is 0.246 e. The summed E-state index contributed by atoms with van der Waals surface area (Å²) in [5, 5.41) is 5.83. The van der Waals surface area contributed by atoms with Crippen molar-refractivity contribution >= 4 is 21.6 Å². The molecule has 8 nitrogen and oxygen atoms in total. The molecule has 2 heterocycles. The van der Waals surface area contributed by atoms with Crippen LogP contribution >= 0.6 is 0 Å². The van der Waals surface area contributed by atoms with E-state index in [1.165, 1.54) is 23.5 Å². The molecule has 0 aromatic heterocycles. The summed E-state index contributed by atoms with van der Waals surface area (Å²) in [6.07, 6.45) is 1.73. The number of nitrogens with zero attached hydrogens (tertiary/aromatic N) is 1. The number of hydrogen-bond donors (Lipinski definition) is 2. The van der Waals surface area contributed by atoms with E-state index in [9.17, 15) is 13.2 Å². The average Bonchev–Trinajstić information content (AvgIpc) is 3.17. The Morgan fingerprint density at radius 1 is 1.36 bits per heavy atom. The van der Waals surface area contributed by atoms with Gasteiger partial charge < -0.3 is 20.1 Å². The van der Waals surface area contributed by atoms with E-state index in [2.05, 4.69) is 10.6 Å². The molecule has 1 aromatic carbocycles. The number of sulfonamides is 1. The molecule has 25 heavy (non-hydrogen) atoms. The fourth-order valence-corrected chi connectivity index (χ4v) is 4.64. The summed E-state index contributed by atoms with van der Waals surface area (Å²) in [6, 6.07) is 4.16. The monoisotopic (exact) mass is 369 g/mol. The fraction of sp³-hybridized carbons (Fsp3) is 0.562. The number of anilines is 1. The van der Waals surface area contributed by atoms with E-state index in [0.29, 0.717) is 38.5 Å². The molecule has 2 fully saturated rings. The molecule has 9 heteroatoms. The number of rotatable bonds is 5. The summed E-state index contributed by atoms with van der Waals surface area (Å²) in [5.41, 5.74) is 0.481. The minimum atomic E-state index is -3.58. The van der Waals surface area contributed by atoms with Gasteiger partial charge in [-0.1, -0.05) is 0 Å². The topological polar surface area (TPSA) is 97.0 Å². The van der Waals surface area contributed by atoms with Crippen LogP contribution in [0.3, 0.4) is 0 Å². The second-order valence-electron chi connectivity index (χ2n) is 6.05. The molecular weight excluding hydrogens is 346 g/mol. The Balaban J connectivity index is 1.78. The Morgan fingerprint density at radius 2 is 2.12 bits per heavy atom. The molecule has 0 aliphatic carbocycles. The maximum atomic E-state index is 12.7. The van der Waals surface area contributed by atoms with Gasteiger partial charge in [0.1, 0.15) is 16.7 Å². The number of carbonyl (C=O) groups is 1. The van der Waals surface area contributed by atoms with Crippen molar-refractivity contribution in [3.8, 4) is 5.75 Å². The van der Waals surface area contributed by atoms with E-state index in [4.69, 9.17) is 9.47 Å². The lowest BCUT2D eigenvalue weighted by atomic mass is 10.2. The minimum absolute atomic E-state index is 0.119. The van der Waals surface area contributed by atoms with Gasteiger partial charge in [0.2, 0.25) is 15.9 Å². The van der Waals surface area contributed by atoms with Crippen LogP contribution < -0.4 is 15.4 Å². The van der Waals surface area contributed by atoms with Gasteiger partial charge in [0.05, 0.1) is 20.3 Å². The third-order valence-corrected chi connectivity index (χ3v) is 6.29. The molecule has 1 atom stereocenters. The highest BCUT2D eigenvalue weighted by Crippen LogP contribution is 2.31. The van der Waals surface area contributed by atoms with Gasteiger partial charge in [-0.2, -0.15) is 4.31 Å². The van der Waals surface area contributed by atoms with Gasteiger partial charge in [-0.25, -0.2) is 8.42 Å². The molecule has 3 rings (SSSR count). The SMILES string of the molecule is COc1cc(NC(=O)C2COCCN2)ccc1S(=O)(=O)N1CCCC1. The lowest BCUT2D eigenvalue weighted by molar-refractivity contribution is -0.120. The molecule has 0 bridgehead atoms. The van der Waals surface area contributed by atoms with Crippen molar-refractivity contribution in [2.45, 2.75) is 23.8 Å². The molecule has 1 aromatic rings. The largest absolute Gasteiger partial charge is 0.495 e. The van der Waals surface area contributed by atoms with Crippen LogP contribution in [0.2, 0.25) is 0 Å². The van der Waals surface area contributed by atoms with Crippen LogP contribution in [0.1, 0.15) is 12.8 Å². The van der Waals surface area contributed by atoms with Crippen LogP contribution in [0.15, 0.2) is 23.1 Å². The van der Waals surface area contributed by atoms with Crippen molar-refractivity contribution in [3.05, 3.63) is 18.2 Å². The first-order valence-electron chi connectivity index (χ1n) is 8.32. The average molecular weight is 369 g/mol. The van der Waals surface area contributed by atoms with Gasteiger partial charge in [0.15, 0.2) is 0 Å². The van der Waals surface area contributed by atoms with Gasteiger partial charge >= 0.3 is 0 Å². The third kappa shape index (κ3) is 3.95. The van der Waals surface area contributed by atoms with E-state index >= 15 is 0 Å². The number of carbonyl (C=O) groups excluding carboxylic acids is 1. The molecule has 2 aliphatic rings. The van der Waals surface area contributed by atoms with E-state index in [1.54, 1.807) is 6.07 Å². The van der Waals surface area contributed by atoms with Crippen molar-refractivity contribution in [2.24, 2.45) is 0 Å². The first-order chi connectivity index (χ1) is 12.0.